The first-order valence-corrected chi connectivity index (χ1v) is 6.11. The van der Waals surface area contributed by atoms with Crippen LogP contribution in [0.15, 0.2) is 18.2 Å². The van der Waals surface area contributed by atoms with Gasteiger partial charge in [-0.25, -0.2) is 9.07 Å². The van der Waals surface area contributed by atoms with E-state index >= 15 is 0 Å². The monoisotopic (exact) mass is 265 g/mol. The van der Waals surface area contributed by atoms with Crippen molar-refractivity contribution in [2.45, 2.75) is 19.9 Å². The summed E-state index contributed by atoms with van der Waals surface area (Å²) in [6.07, 6.45) is 0.760. The number of nitrogens with zero attached hydrogens (tertiary/aromatic N) is 4. The van der Waals surface area contributed by atoms with Gasteiger partial charge in [0.15, 0.2) is 5.82 Å². The third-order valence-corrected chi connectivity index (χ3v) is 2.63. The number of hydrogen-bond donors (Lipinski definition) is 1. The molecule has 2 aromatic rings. The molecule has 0 bridgehead atoms. The molecular weight excluding hydrogens is 249 g/mol. The zero-order chi connectivity index (χ0) is 13.7. The molecule has 0 aliphatic rings. The van der Waals surface area contributed by atoms with Crippen molar-refractivity contribution in [1.82, 2.24) is 20.2 Å². The molecule has 0 fully saturated rings. The molecule has 7 heteroatoms. The van der Waals surface area contributed by atoms with Crippen molar-refractivity contribution in [3.63, 3.8) is 0 Å². The van der Waals surface area contributed by atoms with Crippen LogP contribution in [0.1, 0.15) is 13.3 Å². The van der Waals surface area contributed by atoms with E-state index in [0.29, 0.717) is 36.8 Å². The van der Waals surface area contributed by atoms with Crippen LogP contribution in [-0.4, -0.2) is 33.4 Å². The normalized spacial score (nSPS) is 10.8. The van der Waals surface area contributed by atoms with E-state index in [-0.39, 0.29) is 0 Å². The molecule has 6 nitrogen and oxygen atoms in total. The minimum Gasteiger partial charge on any atom is -0.399 e. The number of tetrazole rings is 1. The Kier molecular flexibility index (Phi) is 4.40. The second kappa shape index (κ2) is 6.24. The standard InChI is InChI=1S/C12H16FN5O/c1-2-19-7-3-6-18-12(15-16-17-18)10-8-9(14)4-5-11(10)13/h4-5,8H,2-3,6-7,14H2,1H3. The van der Waals surface area contributed by atoms with Crippen LogP contribution in [0.25, 0.3) is 11.4 Å². The van der Waals surface area contributed by atoms with Gasteiger partial charge in [-0.05, 0) is 42.0 Å². The van der Waals surface area contributed by atoms with Gasteiger partial charge in [0.25, 0.3) is 0 Å². The lowest BCUT2D eigenvalue weighted by atomic mass is 10.2. The first-order valence-electron chi connectivity index (χ1n) is 6.11. The first-order chi connectivity index (χ1) is 9.22. The SMILES string of the molecule is CCOCCCn1nnnc1-c1cc(N)ccc1F. The van der Waals surface area contributed by atoms with E-state index in [1.54, 1.807) is 4.68 Å². The molecule has 0 radical (unpaired) electrons. The van der Waals surface area contributed by atoms with Gasteiger partial charge in [0, 0.05) is 25.4 Å². The van der Waals surface area contributed by atoms with Crippen LogP contribution in [0.4, 0.5) is 10.1 Å². The average molecular weight is 265 g/mol. The smallest absolute Gasteiger partial charge is 0.185 e. The summed E-state index contributed by atoms with van der Waals surface area (Å²) >= 11 is 0. The van der Waals surface area contributed by atoms with E-state index in [9.17, 15) is 4.39 Å². The van der Waals surface area contributed by atoms with E-state index in [1.807, 2.05) is 6.92 Å². The molecule has 1 aromatic heterocycles. The molecule has 19 heavy (non-hydrogen) atoms. The molecular formula is C12H16FN5O. The topological polar surface area (TPSA) is 78.8 Å². The van der Waals surface area contributed by atoms with Crippen molar-refractivity contribution in [2.75, 3.05) is 18.9 Å². The first kappa shape index (κ1) is 13.4. The van der Waals surface area contributed by atoms with E-state index in [2.05, 4.69) is 15.5 Å². The highest BCUT2D eigenvalue weighted by molar-refractivity contribution is 5.61. The van der Waals surface area contributed by atoms with Gasteiger partial charge in [0.1, 0.15) is 5.82 Å². The Morgan fingerprint density at radius 1 is 1.42 bits per heavy atom. The van der Waals surface area contributed by atoms with E-state index in [0.717, 1.165) is 6.42 Å². The molecule has 1 aromatic carbocycles. The summed E-state index contributed by atoms with van der Waals surface area (Å²) in [6, 6.07) is 4.34. The number of ether oxygens (including phenoxy) is 1. The summed E-state index contributed by atoms with van der Waals surface area (Å²) in [5.41, 5.74) is 6.44. The minimum absolute atomic E-state index is 0.307. The minimum atomic E-state index is -0.393. The van der Waals surface area contributed by atoms with E-state index < -0.39 is 5.82 Å². The Hall–Kier alpha value is -2.02. The molecule has 102 valence electrons. The summed E-state index contributed by atoms with van der Waals surface area (Å²) in [4.78, 5) is 0. The van der Waals surface area contributed by atoms with Crippen LogP contribution in [0.2, 0.25) is 0 Å². The molecule has 0 amide bonds. The highest BCUT2D eigenvalue weighted by Crippen LogP contribution is 2.22. The summed E-state index contributed by atoms with van der Waals surface area (Å²) in [7, 11) is 0. The third kappa shape index (κ3) is 3.25. The lowest BCUT2D eigenvalue weighted by Crippen LogP contribution is -2.07. The largest absolute Gasteiger partial charge is 0.399 e. The van der Waals surface area contributed by atoms with E-state index in [4.69, 9.17) is 10.5 Å². The molecule has 0 aliphatic carbocycles. The molecule has 1 heterocycles. The predicted octanol–water partition coefficient (Wildman–Crippen LogP) is 1.49. The molecule has 0 saturated carbocycles. The zero-order valence-electron chi connectivity index (χ0n) is 10.7. The van der Waals surface area contributed by atoms with Gasteiger partial charge in [0.05, 0.1) is 5.56 Å². The number of aromatic nitrogens is 4. The van der Waals surface area contributed by atoms with Crippen LogP contribution in [0.3, 0.4) is 0 Å². The lowest BCUT2D eigenvalue weighted by Gasteiger charge is -2.06. The van der Waals surface area contributed by atoms with Crippen molar-refractivity contribution < 1.29 is 9.13 Å². The number of nitrogen functional groups attached to an aromatic ring is 1. The Balaban J connectivity index is 2.16. The number of benzene rings is 1. The second-order valence-corrected chi connectivity index (χ2v) is 4.02. The van der Waals surface area contributed by atoms with Crippen molar-refractivity contribution in [3.05, 3.63) is 24.0 Å². The van der Waals surface area contributed by atoms with Crippen LogP contribution in [0.5, 0.6) is 0 Å². The van der Waals surface area contributed by atoms with Gasteiger partial charge < -0.3 is 10.5 Å². The molecule has 2 N–H and O–H groups in total. The maximum atomic E-state index is 13.8. The Morgan fingerprint density at radius 3 is 3.05 bits per heavy atom. The Labute approximate surface area is 110 Å². The second-order valence-electron chi connectivity index (χ2n) is 4.02. The molecule has 0 spiro atoms. The fourth-order valence-corrected chi connectivity index (χ4v) is 1.72. The summed E-state index contributed by atoms with van der Waals surface area (Å²) in [5, 5.41) is 11.3. The molecule has 0 aliphatic heterocycles. The molecule has 0 atom stereocenters. The predicted molar refractivity (Wildman–Crippen MR) is 68.7 cm³/mol. The summed E-state index contributed by atoms with van der Waals surface area (Å²) in [5.74, 6) is -0.0173. The van der Waals surface area contributed by atoms with Crippen molar-refractivity contribution in [1.29, 1.82) is 0 Å². The number of aryl methyl sites for hydroxylation is 1. The zero-order valence-corrected chi connectivity index (χ0v) is 10.7. The maximum absolute atomic E-state index is 13.8. The molecule has 2 rings (SSSR count). The van der Waals surface area contributed by atoms with Crippen LogP contribution in [-0.2, 0) is 11.3 Å². The summed E-state index contributed by atoms with van der Waals surface area (Å²) in [6.45, 7) is 3.79. The van der Waals surface area contributed by atoms with Crippen LogP contribution >= 0.6 is 0 Å². The number of anilines is 1. The highest BCUT2D eigenvalue weighted by Gasteiger charge is 2.13. The van der Waals surface area contributed by atoms with Gasteiger partial charge >= 0.3 is 0 Å². The van der Waals surface area contributed by atoms with Crippen molar-refractivity contribution in [3.8, 4) is 11.4 Å². The number of nitrogens with two attached hydrogens (primary N) is 1. The quantitative estimate of drug-likeness (QED) is 0.632. The van der Waals surface area contributed by atoms with Gasteiger partial charge in [-0.2, -0.15) is 0 Å². The number of halogens is 1. The van der Waals surface area contributed by atoms with Crippen LogP contribution < -0.4 is 5.73 Å². The van der Waals surface area contributed by atoms with Crippen molar-refractivity contribution >= 4 is 5.69 Å². The fourth-order valence-electron chi connectivity index (χ4n) is 1.72. The van der Waals surface area contributed by atoms with Gasteiger partial charge in [0.2, 0.25) is 0 Å². The maximum Gasteiger partial charge on any atom is 0.185 e. The Morgan fingerprint density at radius 2 is 2.26 bits per heavy atom. The van der Waals surface area contributed by atoms with E-state index in [1.165, 1.54) is 18.2 Å². The number of hydrogen-bond acceptors (Lipinski definition) is 5. The lowest BCUT2D eigenvalue weighted by molar-refractivity contribution is 0.140. The van der Waals surface area contributed by atoms with Gasteiger partial charge in [-0.1, -0.05) is 0 Å². The molecule has 0 saturated heterocycles. The molecule has 0 unspecified atom stereocenters. The van der Waals surface area contributed by atoms with Crippen molar-refractivity contribution in [2.24, 2.45) is 0 Å². The van der Waals surface area contributed by atoms with Crippen LogP contribution in [0, 0.1) is 5.82 Å². The number of rotatable bonds is 6. The Bertz CT molecular complexity index is 543. The van der Waals surface area contributed by atoms with Gasteiger partial charge in [-0.3, -0.25) is 0 Å². The average Bonchev–Trinajstić information content (AvgIpc) is 2.86. The van der Waals surface area contributed by atoms with Gasteiger partial charge in [-0.15, -0.1) is 5.10 Å². The summed E-state index contributed by atoms with van der Waals surface area (Å²) < 4.78 is 20.6. The third-order valence-electron chi connectivity index (χ3n) is 2.63. The fraction of sp³-hybridized carbons (Fsp3) is 0.417. The highest BCUT2D eigenvalue weighted by atomic mass is 19.1.